The van der Waals surface area contributed by atoms with Gasteiger partial charge in [-0.25, -0.2) is 0 Å². The topological polar surface area (TPSA) is 49.6 Å². The first-order valence-corrected chi connectivity index (χ1v) is 6.84. The van der Waals surface area contributed by atoms with Crippen molar-refractivity contribution >= 4 is 17.3 Å². The second-order valence-corrected chi connectivity index (χ2v) is 5.37. The van der Waals surface area contributed by atoms with E-state index in [1.165, 1.54) is 11.3 Å². The van der Waals surface area contributed by atoms with E-state index >= 15 is 0 Å². The predicted molar refractivity (Wildman–Crippen MR) is 79.8 cm³/mol. The lowest BCUT2D eigenvalue weighted by atomic mass is 9.87. The minimum absolute atomic E-state index is 0.116. The number of nitrogens with zero attached hydrogens (tertiary/aromatic N) is 2. The van der Waals surface area contributed by atoms with Gasteiger partial charge in [0.25, 0.3) is 0 Å². The highest BCUT2D eigenvalue weighted by Gasteiger charge is 2.27. The number of carbonyl (C=O) groups is 1. The van der Waals surface area contributed by atoms with Gasteiger partial charge in [0.15, 0.2) is 0 Å². The number of carbonyl (C=O) groups excluding carboxylic acids is 1. The third-order valence-electron chi connectivity index (χ3n) is 3.85. The zero-order valence-corrected chi connectivity index (χ0v) is 12.0. The number of hydrogen-bond acceptors (Lipinski definition) is 3. The van der Waals surface area contributed by atoms with Crippen molar-refractivity contribution in [1.82, 2.24) is 0 Å². The molecule has 0 saturated heterocycles. The van der Waals surface area contributed by atoms with Crippen molar-refractivity contribution in [3.63, 3.8) is 0 Å². The Kier molecular flexibility index (Phi) is 4.10. The van der Waals surface area contributed by atoms with Gasteiger partial charge in [-0.1, -0.05) is 0 Å². The van der Waals surface area contributed by atoms with E-state index in [1.807, 2.05) is 19.0 Å². The molecule has 0 fully saturated rings. The first kappa shape index (κ1) is 13.9. The molecule has 1 unspecified atom stereocenters. The second-order valence-electron chi connectivity index (χ2n) is 5.37. The highest BCUT2D eigenvalue weighted by Crippen LogP contribution is 2.39. The van der Waals surface area contributed by atoms with Crippen molar-refractivity contribution in [2.24, 2.45) is 5.73 Å². The summed E-state index contributed by atoms with van der Waals surface area (Å²) in [4.78, 5) is 15.7. The van der Waals surface area contributed by atoms with Crippen LogP contribution in [0, 0.1) is 0 Å². The molecule has 1 aliphatic rings. The van der Waals surface area contributed by atoms with E-state index in [4.69, 9.17) is 5.73 Å². The first-order chi connectivity index (χ1) is 9.04. The van der Waals surface area contributed by atoms with Gasteiger partial charge in [0, 0.05) is 38.9 Å². The van der Waals surface area contributed by atoms with Crippen LogP contribution in [-0.2, 0) is 4.79 Å². The minimum atomic E-state index is 0.116. The summed E-state index contributed by atoms with van der Waals surface area (Å²) in [6, 6.07) is 6.33. The SMILES string of the molecule is CC(=O)N1CCC(CCN)c2cc(N(C)C)ccc21. The van der Waals surface area contributed by atoms with Gasteiger partial charge in [-0.05, 0) is 49.1 Å². The molecule has 4 nitrogen and oxygen atoms in total. The summed E-state index contributed by atoms with van der Waals surface area (Å²) in [7, 11) is 4.07. The summed E-state index contributed by atoms with van der Waals surface area (Å²) in [5.74, 6) is 0.584. The fourth-order valence-corrected chi connectivity index (χ4v) is 2.78. The summed E-state index contributed by atoms with van der Waals surface area (Å²) in [6.07, 6.45) is 1.98. The molecule has 1 aromatic carbocycles. The van der Waals surface area contributed by atoms with Crippen molar-refractivity contribution in [3.05, 3.63) is 23.8 Å². The number of amides is 1. The van der Waals surface area contributed by atoms with Gasteiger partial charge >= 0.3 is 0 Å². The first-order valence-electron chi connectivity index (χ1n) is 6.84. The molecule has 104 valence electrons. The van der Waals surface area contributed by atoms with Crippen LogP contribution in [0.15, 0.2) is 18.2 Å². The number of benzene rings is 1. The third kappa shape index (κ3) is 2.73. The van der Waals surface area contributed by atoms with E-state index in [1.54, 1.807) is 6.92 Å². The van der Waals surface area contributed by atoms with Crippen molar-refractivity contribution in [2.45, 2.75) is 25.7 Å². The second kappa shape index (κ2) is 5.61. The average Bonchev–Trinajstić information content (AvgIpc) is 2.38. The van der Waals surface area contributed by atoms with Crippen molar-refractivity contribution < 1.29 is 4.79 Å². The van der Waals surface area contributed by atoms with Crippen molar-refractivity contribution in [3.8, 4) is 0 Å². The van der Waals surface area contributed by atoms with E-state index in [2.05, 4.69) is 23.1 Å². The van der Waals surface area contributed by atoms with Gasteiger partial charge in [0.05, 0.1) is 0 Å². The molecule has 0 spiro atoms. The van der Waals surface area contributed by atoms with Crippen LogP contribution in [0.2, 0.25) is 0 Å². The fraction of sp³-hybridized carbons (Fsp3) is 0.533. The maximum absolute atomic E-state index is 11.7. The normalized spacial score (nSPS) is 18.1. The molecular formula is C15H23N3O. The van der Waals surface area contributed by atoms with Crippen LogP contribution in [0.25, 0.3) is 0 Å². The van der Waals surface area contributed by atoms with Gasteiger partial charge in [0.1, 0.15) is 0 Å². The van der Waals surface area contributed by atoms with Crippen LogP contribution < -0.4 is 15.5 Å². The fourth-order valence-electron chi connectivity index (χ4n) is 2.78. The maximum Gasteiger partial charge on any atom is 0.223 e. The Labute approximate surface area is 115 Å². The van der Waals surface area contributed by atoms with E-state index < -0.39 is 0 Å². The quantitative estimate of drug-likeness (QED) is 0.904. The molecule has 1 atom stereocenters. The van der Waals surface area contributed by atoms with Crippen LogP contribution in [0.1, 0.15) is 31.2 Å². The Bertz CT molecular complexity index is 470. The smallest absolute Gasteiger partial charge is 0.223 e. The highest BCUT2D eigenvalue weighted by atomic mass is 16.2. The summed E-state index contributed by atoms with van der Waals surface area (Å²) >= 11 is 0. The monoisotopic (exact) mass is 261 g/mol. The van der Waals surface area contributed by atoms with E-state index in [0.717, 1.165) is 25.1 Å². The van der Waals surface area contributed by atoms with Crippen molar-refractivity contribution in [1.29, 1.82) is 0 Å². The zero-order chi connectivity index (χ0) is 14.0. The molecular weight excluding hydrogens is 238 g/mol. The van der Waals surface area contributed by atoms with Crippen LogP contribution in [0.4, 0.5) is 11.4 Å². The van der Waals surface area contributed by atoms with Crippen LogP contribution >= 0.6 is 0 Å². The third-order valence-corrected chi connectivity index (χ3v) is 3.85. The van der Waals surface area contributed by atoms with Crippen LogP contribution in [0.3, 0.4) is 0 Å². The number of anilines is 2. The lowest BCUT2D eigenvalue weighted by Gasteiger charge is -2.34. The number of rotatable bonds is 3. The molecule has 0 saturated carbocycles. The van der Waals surface area contributed by atoms with Gasteiger partial charge in [0.2, 0.25) is 5.91 Å². The van der Waals surface area contributed by atoms with Gasteiger partial charge in [-0.2, -0.15) is 0 Å². The van der Waals surface area contributed by atoms with Crippen molar-refractivity contribution in [2.75, 3.05) is 37.0 Å². The minimum Gasteiger partial charge on any atom is -0.378 e. The van der Waals surface area contributed by atoms with Gasteiger partial charge in [-0.15, -0.1) is 0 Å². The Morgan fingerprint density at radius 3 is 2.79 bits per heavy atom. The molecule has 4 heteroatoms. The summed E-state index contributed by atoms with van der Waals surface area (Å²) < 4.78 is 0. The Morgan fingerprint density at radius 2 is 2.21 bits per heavy atom. The van der Waals surface area contributed by atoms with Gasteiger partial charge < -0.3 is 15.5 Å². The summed E-state index contributed by atoms with van der Waals surface area (Å²) in [5, 5.41) is 0. The maximum atomic E-state index is 11.7. The highest BCUT2D eigenvalue weighted by molar-refractivity contribution is 5.93. The van der Waals surface area contributed by atoms with E-state index in [0.29, 0.717) is 12.5 Å². The van der Waals surface area contributed by atoms with E-state index in [9.17, 15) is 4.79 Å². The number of fused-ring (bicyclic) bond motifs is 1. The molecule has 1 amide bonds. The summed E-state index contributed by atoms with van der Waals surface area (Å²) in [5.41, 5.74) is 9.21. The molecule has 19 heavy (non-hydrogen) atoms. The molecule has 1 aromatic rings. The lowest BCUT2D eigenvalue weighted by molar-refractivity contribution is -0.116. The number of nitrogens with two attached hydrogens (primary N) is 1. The Balaban J connectivity index is 2.44. The molecule has 0 aliphatic carbocycles. The molecule has 1 aliphatic heterocycles. The Morgan fingerprint density at radius 1 is 1.47 bits per heavy atom. The lowest BCUT2D eigenvalue weighted by Crippen LogP contribution is -2.35. The molecule has 0 radical (unpaired) electrons. The largest absolute Gasteiger partial charge is 0.378 e. The van der Waals surface area contributed by atoms with Gasteiger partial charge in [-0.3, -0.25) is 4.79 Å². The summed E-state index contributed by atoms with van der Waals surface area (Å²) in [6.45, 7) is 3.12. The molecule has 0 bridgehead atoms. The molecule has 1 heterocycles. The standard InChI is InChI=1S/C15H23N3O/c1-11(19)18-9-7-12(6-8-16)14-10-13(17(2)3)4-5-15(14)18/h4-5,10,12H,6-9,16H2,1-3H3. The molecule has 2 rings (SSSR count). The Hall–Kier alpha value is -1.55. The van der Waals surface area contributed by atoms with E-state index in [-0.39, 0.29) is 5.91 Å². The van der Waals surface area contributed by atoms with Crippen LogP contribution in [0.5, 0.6) is 0 Å². The molecule has 0 aromatic heterocycles. The number of hydrogen-bond donors (Lipinski definition) is 1. The van der Waals surface area contributed by atoms with Crippen LogP contribution in [-0.4, -0.2) is 33.1 Å². The average molecular weight is 261 g/mol. The predicted octanol–water partition coefficient (Wildman–Crippen LogP) is 1.94. The zero-order valence-electron chi connectivity index (χ0n) is 12.0. The molecule has 2 N–H and O–H groups in total.